The normalized spacial score (nSPS) is 28.7. The fourth-order valence-corrected chi connectivity index (χ4v) is 41.4. The first kappa shape index (κ1) is 44.0. The molecule has 3 aliphatic heterocycles. The van der Waals surface area contributed by atoms with E-state index in [2.05, 4.69) is 211 Å². The summed E-state index contributed by atoms with van der Waals surface area (Å²) in [6.07, 6.45) is 10.5. The first-order chi connectivity index (χ1) is 27.4. The van der Waals surface area contributed by atoms with Crippen molar-refractivity contribution in [2.75, 3.05) is 33.5 Å². The molecule has 312 valence electrons. The van der Waals surface area contributed by atoms with E-state index in [4.69, 9.17) is 6.58 Å². The van der Waals surface area contributed by atoms with Crippen LogP contribution in [-0.4, -0.2) is 70.1 Å². The van der Waals surface area contributed by atoms with E-state index in [1.54, 1.807) is 0 Å². The molecular weight excluding hydrogens is 881 g/mol. The molecule has 3 aliphatic rings. The Labute approximate surface area is 362 Å². The monoisotopic (exact) mass is 955 g/mol. The number of hydrazine groups is 1. The molecule has 7 rings (SSSR count). The van der Waals surface area contributed by atoms with Gasteiger partial charge in [0.15, 0.2) is 0 Å². The molecule has 3 saturated heterocycles. The van der Waals surface area contributed by atoms with Gasteiger partial charge in [-0.2, -0.15) is 0 Å². The van der Waals surface area contributed by atoms with Crippen molar-refractivity contribution in [3.05, 3.63) is 145 Å². The number of halogens is 1. The summed E-state index contributed by atoms with van der Waals surface area (Å²) in [4.78, 5) is 0. The van der Waals surface area contributed by atoms with Crippen LogP contribution in [0.3, 0.4) is 0 Å². The van der Waals surface area contributed by atoms with Crippen molar-refractivity contribution >= 4 is 59.9 Å². The zero-order chi connectivity index (χ0) is 40.4. The van der Waals surface area contributed by atoms with Crippen molar-refractivity contribution in [1.29, 1.82) is 0 Å². The van der Waals surface area contributed by atoms with Crippen LogP contribution in [0.15, 0.2) is 134 Å². The average molecular weight is 956 g/mol. The van der Waals surface area contributed by atoms with Crippen molar-refractivity contribution in [2.45, 2.75) is 113 Å². The molecule has 0 radical (unpaired) electrons. The Morgan fingerprint density at radius 3 is 1.35 bits per heavy atom. The van der Waals surface area contributed by atoms with Crippen LogP contribution in [0.2, 0.25) is 0 Å². The van der Waals surface area contributed by atoms with Gasteiger partial charge in [0.25, 0.3) is 0 Å². The van der Waals surface area contributed by atoms with E-state index in [0.29, 0.717) is 11.3 Å². The first-order valence-corrected chi connectivity index (χ1v) is 34.7. The number of nitrogens with zero attached hydrogens (tertiary/aromatic N) is 3. The van der Waals surface area contributed by atoms with Crippen molar-refractivity contribution in [1.82, 2.24) is 14.0 Å². The van der Waals surface area contributed by atoms with E-state index in [-0.39, 0.29) is 0 Å². The second-order valence-corrected chi connectivity index (χ2v) is 40.9. The third-order valence-corrected chi connectivity index (χ3v) is 46.5. The minimum atomic E-state index is -2.57. The molecule has 57 heavy (non-hydrogen) atoms. The Balaban J connectivity index is 1.34. The van der Waals surface area contributed by atoms with E-state index in [1.807, 2.05) is 0 Å². The molecule has 3 fully saturated rings. The van der Waals surface area contributed by atoms with Gasteiger partial charge >= 0.3 is 365 Å². The average Bonchev–Trinajstić information content (AvgIpc) is 3.86. The van der Waals surface area contributed by atoms with E-state index in [1.165, 1.54) is 79.6 Å². The van der Waals surface area contributed by atoms with Gasteiger partial charge in [0.05, 0.1) is 0 Å². The number of hydrogen-bond acceptors (Lipinski definition) is 3. The molecule has 3 nitrogen and oxygen atoms in total. The summed E-state index contributed by atoms with van der Waals surface area (Å²) >= 11 is 3.04. The molecular formula is C49H74IN3P4. The number of benzene rings is 4. The van der Waals surface area contributed by atoms with E-state index < -0.39 is 27.3 Å². The van der Waals surface area contributed by atoms with Crippen LogP contribution < -0.4 is 10.6 Å². The molecule has 6 atom stereocenters. The summed E-state index contributed by atoms with van der Waals surface area (Å²) in [5.74, 6) is 2.58. The van der Waals surface area contributed by atoms with Crippen LogP contribution in [0.5, 0.6) is 0 Å². The molecule has 3 heterocycles. The van der Waals surface area contributed by atoms with Crippen molar-refractivity contribution in [2.24, 2.45) is 0 Å². The SMILES string of the molecule is C=C[PH]1(N(CCCCN(N(C)[PH]2(C)[C@H](C)CC[C@H]2C)[PH]2(C)[C@H](C)CC[C@H]2C)[PH](I)(c2ccccc2)c2ccccc2)[C@H](c2ccccc2)CC[C@H]1c1ccccc1. The van der Waals surface area contributed by atoms with Crippen LogP contribution in [-0.2, 0) is 0 Å². The fraction of sp³-hybridized carbons (Fsp3) is 0.469. The zero-order valence-electron chi connectivity index (χ0n) is 36.1. The molecule has 0 amide bonds. The zero-order valence-corrected chi connectivity index (χ0v) is 42.2. The van der Waals surface area contributed by atoms with Gasteiger partial charge in [-0.25, -0.2) is 0 Å². The number of unbranched alkanes of at least 4 members (excludes halogenated alkanes) is 1. The van der Waals surface area contributed by atoms with E-state index >= 15 is 0 Å². The minimum absolute atomic E-state index is 0.473. The molecule has 8 heteroatoms. The van der Waals surface area contributed by atoms with E-state index in [0.717, 1.165) is 29.2 Å². The molecule has 0 bridgehead atoms. The van der Waals surface area contributed by atoms with Crippen LogP contribution in [0.1, 0.15) is 102 Å². The second-order valence-electron chi connectivity index (χ2n) is 18.7. The quantitative estimate of drug-likeness (QED) is 0.0509. The Morgan fingerprint density at radius 2 is 0.947 bits per heavy atom. The fourth-order valence-electron chi connectivity index (χ4n) is 12.3. The molecule has 4 aromatic rings. The van der Waals surface area contributed by atoms with Crippen LogP contribution in [0.4, 0.5) is 0 Å². The predicted molar refractivity (Wildman–Crippen MR) is 276 cm³/mol. The first-order valence-electron chi connectivity index (χ1n) is 22.3. The summed E-state index contributed by atoms with van der Waals surface area (Å²) < 4.78 is 9.37. The predicted octanol–water partition coefficient (Wildman–Crippen LogP) is 13.7. The molecule has 0 N–H and O–H groups in total. The molecule has 4 aromatic carbocycles. The van der Waals surface area contributed by atoms with Crippen LogP contribution in [0, 0.1) is 0 Å². The standard InChI is InChI=1S/C49H74IN3P4/c1-9-56(48(44-24-14-10-15-25-44)36-37-49(56)45-26-16-11-17-27-45)53(57(50,46-28-18-12-19-29-46)47-30-20-13-21-31-47)39-23-22-38-52(55(8)42(4)34-35-43(55)5)51(6)54(7)40(2)32-33-41(54)3/h9-21,24-31,40-43,48-49,54-57H,1,22-23,32-39H2,2-8H3/t40-,41-,42-,43-,48+,49+/m1/s1. The third-order valence-electron chi connectivity index (χ3n) is 16.4. The van der Waals surface area contributed by atoms with Gasteiger partial charge in [0.1, 0.15) is 0 Å². The summed E-state index contributed by atoms with van der Waals surface area (Å²) in [6, 6.07) is 46.6. The van der Waals surface area contributed by atoms with Gasteiger partial charge in [-0.3, -0.25) is 0 Å². The Morgan fingerprint density at radius 1 is 0.579 bits per heavy atom. The Kier molecular flexibility index (Phi) is 14.3. The van der Waals surface area contributed by atoms with Gasteiger partial charge in [-0.15, -0.1) is 0 Å². The molecule has 0 aliphatic carbocycles. The Bertz CT molecular complexity index is 1790. The summed E-state index contributed by atoms with van der Waals surface area (Å²) in [5.41, 5.74) is 7.30. The Hall–Kier alpha value is -1.05. The second kappa shape index (κ2) is 18.5. The van der Waals surface area contributed by atoms with Gasteiger partial charge < -0.3 is 0 Å². The van der Waals surface area contributed by atoms with Crippen molar-refractivity contribution in [3.8, 4) is 0 Å². The molecule has 0 saturated carbocycles. The summed E-state index contributed by atoms with van der Waals surface area (Å²) in [6.45, 7) is 23.2. The van der Waals surface area contributed by atoms with Crippen LogP contribution >= 0.6 is 49.3 Å². The number of rotatable bonds is 15. The number of hydrogen-bond donors (Lipinski definition) is 0. The molecule has 0 spiro atoms. The maximum absolute atomic E-state index is 4.95. The third kappa shape index (κ3) is 7.87. The topological polar surface area (TPSA) is 9.72 Å². The summed E-state index contributed by atoms with van der Waals surface area (Å²) in [7, 11) is -3.42. The van der Waals surface area contributed by atoms with Gasteiger partial charge in [-0.05, 0) is 0 Å². The molecule has 0 aromatic heterocycles. The van der Waals surface area contributed by atoms with Gasteiger partial charge in [0.2, 0.25) is 0 Å². The summed E-state index contributed by atoms with van der Waals surface area (Å²) in [5, 5.41) is 0.450. The molecule has 0 unspecified atom stereocenters. The maximum atomic E-state index is 4.95. The van der Waals surface area contributed by atoms with Crippen LogP contribution in [0.25, 0.3) is 0 Å². The van der Waals surface area contributed by atoms with E-state index in [9.17, 15) is 0 Å². The van der Waals surface area contributed by atoms with Gasteiger partial charge in [0, 0.05) is 0 Å². The van der Waals surface area contributed by atoms with Crippen molar-refractivity contribution in [3.63, 3.8) is 0 Å². The van der Waals surface area contributed by atoms with Crippen molar-refractivity contribution < 1.29 is 0 Å². The van der Waals surface area contributed by atoms with Gasteiger partial charge in [-0.1, -0.05) is 0 Å².